The van der Waals surface area contributed by atoms with Gasteiger partial charge in [0.25, 0.3) is 0 Å². The predicted molar refractivity (Wildman–Crippen MR) is 173 cm³/mol. The Labute approximate surface area is 232 Å². The van der Waals surface area contributed by atoms with Gasteiger partial charge in [0.2, 0.25) is 0 Å². The third kappa shape index (κ3) is 4.41. The average Bonchev–Trinajstić information content (AvgIpc) is 3.17. The largest absolute Gasteiger partial charge is 0.408 e. The Hall–Kier alpha value is -3.30. The van der Waals surface area contributed by atoms with Gasteiger partial charge in [-0.25, -0.2) is 0 Å². The van der Waals surface area contributed by atoms with Crippen molar-refractivity contribution in [2.75, 3.05) is 11.7 Å². The Kier molecular flexibility index (Phi) is 6.89. The van der Waals surface area contributed by atoms with Crippen LogP contribution >= 0.6 is 8.16 Å². The van der Waals surface area contributed by atoms with Crippen LogP contribution in [0.4, 0.5) is 0 Å². The lowest BCUT2D eigenvalue weighted by Gasteiger charge is -2.26. The molecule has 0 saturated carbocycles. The normalized spacial score (nSPS) is 13.5. The summed E-state index contributed by atoms with van der Waals surface area (Å²) in [6.45, 7) is 9.44. The van der Waals surface area contributed by atoms with E-state index in [9.17, 15) is 0 Å². The second-order valence-corrected chi connectivity index (χ2v) is 17.4. The summed E-state index contributed by atoms with van der Waals surface area (Å²) < 4.78 is 16.4. The quantitative estimate of drug-likeness (QED) is 0.194. The second kappa shape index (κ2) is 10.4. The monoisotopic (exact) mass is 549 g/mol. The van der Waals surface area contributed by atoms with E-state index >= 15 is 0 Å². The molecule has 0 N–H and O–H groups in total. The molecule has 0 saturated heterocycles. The molecule has 1 unspecified atom stereocenters. The molecule has 0 bridgehead atoms. The molecule has 6 aromatic rings. The van der Waals surface area contributed by atoms with Gasteiger partial charge in [0.1, 0.15) is 11.2 Å². The van der Waals surface area contributed by atoms with E-state index in [4.69, 9.17) is 8.39 Å². The van der Waals surface area contributed by atoms with E-state index in [-0.39, 0.29) is 6.04 Å². The van der Waals surface area contributed by atoms with Crippen molar-refractivity contribution in [2.45, 2.75) is 45.4 Å². The van der Waals surface area contributed by atoms with E-state index in [1.54, 1.807) is 0 Å². The van der Waals surface area contributed by atoms with Crippen molar-refractivity contribution in [3.8, 4) is 0 Å². The maximum Gasteiger partial charge on any atom is 0.309 e. The van der Waals surface area contributed by atoms with Gasteiger partial charge < -0.3 is 8.39 Å². The van der Waals surface area contributed by atoms with Crippen molar-refractivity contribution < 1.29 is 8.39 Å². The van der Waals surface area contributed by atoms with Gasteiger partial charge in [-0.3, -0.25) is 0 Å². The van der Waals surface area contributed by atoms with Gasteiger partial charge >= 0.3 is 8.16 Å². The van der Waals surface area contributed by atoms with Crippen LogP contribution in [0.25, 0.3) is 43.5 Å². The maximum absolute atomic E-state index is 7.19. The molecule has 1 aromatic heterocycles. The molecule has 0 radical (unpaired) electrons. The lowest BCUT2D eigenvalue weighted by Crippen LogP contribution is -2.43. The fourth-order valence-electron chi connectivity index (χ4n) is 5.73. The van der Waals surface area contributed by atoms with Crippen LogP contribution < -0.4 is 9.86 Å². The lowest BCUT2D eigenvalue weighted by atomic mass is 9.98. The zero-order valence-corrected chi connectivity index (χ0v) is 25.3. The Bertz CT molecular complexity index is 1840. The Balaban J connectivity index is 1.83. The van der Waals surface area contributed by atoms with E-state index in [1.165, 1.54) is 37.7 Å². The number of hydrogen-bond donors (Lipinski definition) is 0. The van der Waals surface area contributed by atoms with Gasteiger partial charge in [-0.15, -0.1) is 0 Å². The molecule has 0 amide bonds. The van der Waals surface area contributed by atoms with Crippen LogP contribution in [0.3, 0.4) is 0 Å². The molecule has 1 heterocycles. The Morgan fingerprint density at radius 1 is 0.744 bits per heavy atom. The highest BCUT2D eigenvalue weighted by molar-refractivity contribution is 7.39. The zero-order valence-electron chi connectivity index (χ0n) is 23.4. The highest BCUT2D eigenvalue weighted by atomic mass is 31.1. The standard InChI is InChI=1S/C34H36NO2PSi/c1-6-39(5,7-2)31-23-27-18-12-14-20-29(27)33-32-28-19-13-11-17-26(28)21-22-30(32)36-38(37-34(31)33)35(4)24(3)25-15-9-8-10-16-25/h8-24H,6-7H2,1-5H3/t24-,38?/m0/s1. The van der Waals surface area contributed by atoms with Crippen molar-refractivity contribution in [2.24, 2.45) is 0 Å². The van der Waals surface area contributed by atoms with Crippen LogP contribution in [0.2, 0.25) is 18.6 Å². The molecule has 0 aliphatic rings. The SMILES string of the molecule is CC[Si](C)(CC)c1cc2ccccc2c2c1op(N(C)[C@@H](C)c1ccccc1)oc1ccc3ccccc3c12. The maximum atomic E-state index is 7.19. The average molecular weight is 550 g/mol. The van der Waals surface area contributed by atoms with Gasteiger partial charge in [-0.2, -0.15) is 4.67 Å². The predicted octanol–water partition coefficient (Wildman–Crippen LogP) is 10.3. The van der Waals surface area contributed by atoms with Crippen molar-refractivity contribution in [1.82, 2.24) is 0 Å². The Morgan fingerprint density at radius 2 is 1.36 bits per heavy atom. The first-order valence-electron chi connectivity index (χ1n) is 14.0. The van der Waals surface area contributed by atoms with Crippen molar-refractivity contribution >= 4 is 64.9 Å². The van der Waals surface area contributed by atoms with Crippen molar-refractivity contribution in [3.63, 3.8) is 0 Å². The summed E-state index contributed by atoms with van der Waals surface area (Å²) in [4.78, 5) is 0. The summed E-state index contributed by atoms with van der Waals surface area (Å²) >= 11 is 0. The van der Waals surface area contributed by atoms with Gasteiger partial charge in [-0.05, 0) is 45.3 Å². The van der Waals surface area contributed by atoms with E-state index in [2.05, 4.69) is 136 Å². The van der Waals surface area contributed by atoms with Crippen LogP contribution in [0, 0.1) is 0 Å². The molecule has 0 aliphatic carbocycles. The number of nitrogens with zero attached hydrogens (tertiary/aromatic N) is 1. The molecule has 0 fully saturated rings. The number of hydrogen-bond acceptors (Lipinski definition) is 3. The molecule has 6 rings (SSSR count). The summed E-state index contributed by atoms with van der Waals surface area (Å²) in [7, 11) is -1.12. The lowest BCUT2D eigenvalue weighted by molar-refractivity contribution is 0.613. The van der Waals surface area contributed by atoms with E-state index in [1.807, 2.05) is 0 Å². The second-order valence-electron chi connectivity index (χ2n) is 10.9. The minimum atomic E-state index is -1.83. The van der Waals surface area contributed by atoms with E-state index in [0.717, 1.165) is 28.6 Å². The third-order valence-electron chi connectivity index (χ3n) is 8.80. The fourth-order valence-corrected chi connectivity index (χ4v) is 9.69. The molecule has 5 aromatic carbocycles. The minimum absolute atomic E-state index is 0.132. The van der Waals surface area contributed by atoms with Gasteiger partial charge in [0, 0.05) is 23.9 Å². The first kappa shape index (κ1) is 25.9. The van der Waals surface area contributed by atoms with Crippen LogP contribution in [0.1, 0.15) is 32.4 Å². The summed E-state index contributed by atoms with van der Waals surface area (Å²) in [5, 5.41) is 8.64. The van der Waals surface area contributed by atoms with Gasteiger partial charge in [0.15, 0.2) is 0 Å². The fraction of sp³-hybridized carbons (Fsp3) is 0.235. The van der Waals surface area contributed by atoms with Crippen molar-refractivity contribution in [3.05, 3.63) is 103 Å². The summed E-state index contributed by atoms with van der Waals surface area (Å²) in [5.74, 6) is 0. The molecule has 198 valence electrons. The van der Waals surface area contributed by atoms with Gasteiger partial charge in [-0.1, -0.05) is 123 Å². The number of benzene rings is 5. The zero-order chi connectivity index (χ0) is 27.1. The van der Waals surface area contributed by atoms with E-state index < -0.39 is 16.2 Å². The summed E-state index contributed by atoms with van der Waals surface area (Å²) in [6, 6.07) is 37.3. The van der Waals surface area contributed by atoms with Crippen LogP contribution in [0.5, 0.6) is 0 Å². The smallest absolute Gasteiger partial charge is 0.309 e. The molecular weight excluding hydrogens is 513 g/mol. The number of rotatable bonds is 6. The molecule has 3 nitrogen and oxygen atoms in total. The van der Waals surface area contributed by atoms with Crippen molar-refractivity contribution in [1.29, 1.82) is 0 Å². The van der Waals surface area contributed by atoms with E-state index in [0.29, 0.717) is 0 Å². The van der Waals surface area contributed by atoms with Crippen LogP contribution in [-0.2, 0) is 0 Å². The summed E-state index contributed by atoms with van der Waals surface area (Å²) in [5.41, 5.74) is 3.17. The third-order valence-corrected chi connectivity index (χ3v) is 15.1. The molecule has 39 heavy (non-hydrogen) atoms. The molecular formula is C34H36NO2PSi. The number of fused-ring (bicyclic) bond motifs is 7. The summed E-state index contributed by atoms with van der Waals surface area (Å²) in [6.07, 6.45) is 0. The molecule has 0 spiro atoms. The topological polar surface area (TPSA) is 29.5 Å². The first-order chi connectivity index (χ1) is 18.9. The minimum Gasteiger partial charge on any atom is -0.408 e. The van der Waals surface area contributed by atoms with Crippen LogP contribution in [0.15, 0.2) is 105 Å². The highest BCUT2D eigenvalue weighted by Crippen LogP contribution is 2.43. The Morgan fingerprint density at radius 3 is 2.05 bits per heavy atom. The van der Waals surface area contributed by atoms with Crippen LogP contribution in [-0.4, -0.2) is 15.1 Å². The highest BCUT2D eigenvalue weighted by Gasteiger charge is 2.31. The molecule has 2 atom stereocenters. The van der Waals surface area contributed by atoms with Gasteiger partial charge in [0.05, 0.1) is 8.07 Å². The molecule has 5 heteroatoms. The first-order valence-corrected chi connectivity index (χ1v) is 18.0. The molecule has 0 aliphatic heterocycles.